The number of aliphatic hydroxyl groups excluding tert-OH is 1. The van der Waals surface area contributed by atoms with Crippen LogP contribution in [0, 0.1) is 0 Å². The highest BCUT2D eigenvalue weighted by molar-refractivity contribution is 6.30. The lowest BCUT2D eigenvalue weighted by molar-refractivity contribution is 0.0865. The highest BCUT2D eigenvalue weighted by Crippen LogP contribution is 2.24. The summed E-state index contributed by atoms with van der Waals surface area (Å²) in [4.78, 5) is 12.2. The lowest BCUT2D eigenvalue weighted by Gasteiger charge is -2.26. The molecule has 0 spiro atoms. The van der Waals surface area contributed by atoms with E-state index in [1.54, 1.807) is 18.2 Å². The number of ether oxygens (including phenoxy) is 1. The second kappa shape index (κ2) is 6.26. The Balaban J connectivity index is 2.03. The van der Waals surface area contributed by atoms with E-state index in [9.17, 15) is 9.90 Å². The normalized spacial score (nSPS) is 22.9. The second-order valence-electron chi connectivity index (χ2n) is 4.82. The first-order valence-corrected chi connectivity index (χ1v) is 6.80. The van der Waals surface area contributed by atoms with Crippen molar-refractivity contribution in [2.24, 2.45) is 0 Å². The van der Waals surface area contributed by atoms with Crippen LogP contribution in [0.3, 0.4) is 0 Å². The summed E-state index contributed by atoms with van der Waals surface area (Å²) in [7, 11) is 1.51. The molecule has 1 aliphatic rings. The monoisotopic (exact) mass is 283 g/mol. The largest absolute Gasteiger partial charge is 0.496 e. The van der Waals surface area contributed by atoms with Gasteiger partial charge in [-0.05, 0) is 43.9 Å². The Morgan fingerprint density at radius 3 is 2.68 bits per heavy atom. The van der Waals surface area contributed by atoms with Crippen molar-refractivity contribution in [1.82, 2.24) is 5.32 Å². The van der Waals surface area contributed by atoms with Gasteiger partial charge in [-0.3, -0.25) is 4.79 Å². The topological polar surface area (TPSA) is 58.6 Å². The number of hydrogen-bond acceptors (Lipinski definition) is 3. The maximum absolute atomic E-state index is 12.2. The van der Waals surface area contributed by atoms with Gasteiger partial charge in [-0.15, -0.1) is 0 Å². The molecule has 0 atom stereocenters. The standard InChI is InChI=1S/C14H18ClNO3/c1-19-13-8-9(15)2-7-12(13)14(18)16-10-3-5-11(17)6-4-10/h2,7-8,10-11,17H,3-6H2,1H3,(H,16,18). The van der Waals surface area contributed by atoms with Crippen molar-refractivity contribution in [2.45, 2.75) is 37.8 Å². The first kappa shape index (κ1) is 14.2. The van der Waals surface area contributed by atoms with Gasteiger partial charge in [-0.1, -0.05) is 11.6 Å². The maximum atomic E-state index is 12.2. The molecule has 2 N–H and O–H groups in total. The van der Waals surface area contributed by atoms with Crippen molar-refractivity contribution in [3.05, 3.63) is 28.8 Å². The minimum absolute atomic E-state index is 0.122. The predicted molar refractivity (Wildman–Crippen MR) is 73.7 cm³/mol. The summed E-state index contributed by atoms with van der Waals surface area (Å²) in [5, 5.41) is 13.0. The van der Waals surface area contributed by atoms with Crippen molar-refractivity contribution in [3.63, 3.8) is 0 Å². The molecule has 0 heterocycles. The van der Waals surface area contributed by atoms with Crippen LogP contribution < -0.4 is 10.1 Å². The van der Waals surface area contributed by atoms with E-state index in [-0.39, 0.29) is 18.1 Å². The number of hydrogen-bond donors (Lipinski definition) is 2. The molecular weight excluding hydrogens is 266 g/mol. The highest BCUT2D eigenvalue weighted by atomic mass is 35.5. The third-order valence-corrected chi connectivity index (χ3v) is 3.68. The number of rotatable bonds is 3. The lowest BCUT2D eigenvalue weighted by Crippen LogP contribution is -2.38. The highest BCUT2D eigenvalue weighted by Gasteiger charge is 2.22. The molecule has 1 amide bonds. The van der Waals surface area contributed by atoms with Crippen LogP contribution in [0.15, 0.2) is 18.2 Å². The van der Waals surface area contributed by atoms with E-state index in [1.807, 2.05) is 0 Å². The first-order chi connectivity index (χ1) is 9.10. The minimum atomic E-state index is -0.224. The van der Waals surface area contributed by atoms with Crippen molar-refractivity contribution >= 4 is 17.5 Å². The number of carbonyl (C=O) groups excluding carboxylic acids is 1. The summed E-state index contributed by atoms with van der Waals surface area (Å²) in [5.41, 5.74) is 0.484. The van der Waals surface area contributed by atoms with Gasteiger partial charge in [0.1, 0.15) is 5.75 Å². The van der Waals surface area contributed by atoms with Crippen LogP contribution in [0.1, 0.15) is 36.0 Å². The van der Waals surface area contributed by atoms with E-state index in [0.717, 1.165) is 25.7 Å². The van der Waals surface area contributed by atoms with Gasteiger partial charge in [0.25, 0.3) is 5.91 Å². The summed E-state index contributed by atoms with van der Waals surface area (Å²) in [6, 6.07) is 5.08. The SMILES string of the molecule is COc1cc(Cl)ccc1C(=O)NC1CCC(O)CC1. The molecule has 4 nitrogen and oxygen atoms in total. The predicted octanol–water partition coefficient (Wildman–Crippen LogP) is 2.38. The van der Waals surface area contributed by atoms with E-state index in [4.69, 9.17) is 16.3 Å². The summed E-state index contributed by atoms with van der Waals surface area (Å²) < 4.78 is 5.17. The fraction of sp³-hybridized carbons (Fsp3) is 0.500. The average molecular weight is 284 g/mol. The summed E-state index contributed by atoms with van der Waals surface area (Å²) >= 11 is 5.87. The summed E-state index contributed by atoms with van der Waals surface area (Å²) in [5.74, 6) is 0.316. The fourth-order valence-electron chi connectivity index (χ4n) is 2.34. The molecule has 0 aromatic heterocycles. The molecule has 5 heteroatoms. The van der Waals surface area contributed by atoms with E-state index >= 15 is 0 Å². The zero-order chi connectivity index (χ0) is 13.8. The van der Waals surface area contributed by atoms with Gasteiger partial charge in [-0.25, -0.2) is 0 Å². The average Bonchev–Trinajstić information content (AvgIpc) is 2.41. The number of aliphatic hydroxyl groups is 1. The van der Waals surface area contributed by atoms with Crippen LogP contribution in [-0.4, -0.2) is 30.3 Å². The number of nitrogens with one attached hydrogen (secondary N) is 1. The van der Waals surface area contributed by atoms with Crippen molar-refractivity contribution in [2.75, 3.05) is 7.11 Å². The second-order valence-corrected chi connectivity index (χ2v) is 5.26. The Morgan fingerprint density at radius 2 is 2.05 bits per heavy atom. The van der Waals surface area contributed by atoms with E-state index in [1.165, 1.54) is 7.11 Å². The van der Waals surface area contributed by atoms with E-state index in [0.29, 0.717) is 16.3 Å². The Kier molecular flexibility index (Phi) is 4.66. The zero-order valence-corrected chi connectivity index (χ0v) is 11.6. The van der Waals surface area contributed by atoms with E-state index in [2.05, 4.69) is 5.32 Å². The first-order valence-electron chi connectivity index (χ1n) is 6.42. The number of benzene rings is 1. The summed E-state index contributed by atoms with van der Waals surface area (Å²) in [6.07, 6.45) is 2.87. The Morgan fingerprint density at radius 1 is 1.37 bits per heavy atom. The van der Waals surface area contributed by atoms with Gasteiger partial charge >= 0.3 is 0 Å². The van der Waals surface area contributed by atoms with Crippen LogP contribution >= 0.6 is 11.6 Å². The smallest absolute Gasteiger partial charge is 0.255 e. The zero-order valence-electron chi connectivity index (χ0n) is 10.9. The van der Waals surface area contributed by atoms with Gasteiger partial charge < -0.3 is 15.2 Å². The molecule has 1 aromatic rings. The Labute approximate surface area is 117 Å². The van der Waals surface area contributed by atoms with Crippen molar-refractivity contribution in [1.29, 1.82) is 0 Å². The minimum Gasteiger partial charge on any atom is -0.496 e. The lowest BCUT2D eigenvalue weighted by atomic mass is 9.93. The molecule has 0 bridgehead atoms. The molecule has 104 valence electrons. The molecule has 0 saturated heterocycles. The number of amides is 1. The fourth-order valence-corrected chi connectivity index (χ4v) is 2.50. The molecule has 19 heavy (non-hydrogen) atoms. The van der Waals surface area contributed by atoms with Gasteiger partial charge in [-0.2, -0.15) is 0 Å². The molecular formula is C14H18ClNO3. The number of halogens is 1. The molecule has 1 fully saturated rings. The van der Waals surface area contributed by atoms with Gasteiger partial charge in [0, 0.05) is 11.1 Å². The van der Waals surface area contributed by atoms with Crippen molar-refractivity contribution in [3.8, 4) is 5.75 Å². The Bertz CT molecular complexity index is 456. The third-order valence-electron chi connectivity index (χ3n) is 3.44. The number of carbonyl (C=O) groups is 1. The van der Waals surface area contributed by atoms with Crippen LogP contribution in [0.5, 0.6) is 5.75 Å². The van der Waals surface area contributed by atoms with Crippen LogP contribution in [0.2, 0.25) is 5.02 Å². The number of methoxy groups -OCH3 is 1. The van der Waals surface area contributed by atoms with Crippen LogP contribution in [0.4, 0.5) is 0 Å². The molecule has 0 radical (unpaired) electrons. The molecule has 1 aliphatic carbocycles. The molecule has 0 unspecified atom stereocenters. The van der Waals surface area contributed by atoms with Crippen molar-refractivity contribution < 1.29 is 14.6 Å². The van der Waals surface area contributed by atoms with Crippen LogP contribution in [-0.2, 0) is 0 Å². The molecule has 1 saturated carbocycles. The van der Waals surface area contributed by atoms with Gasteiger partial charge in [0.2, 0.25) is 0 Å². The van der Waals surface area contributed by atoms with Crippen LogP contribution in [0.25, 0.3) is 0 Å². The van der Waals surface area contributed by atoms with E-state index < -0.39 is 0 Å². The quantitative estimate of drug-likeness (QED) is 0.895. The van der Waals surface area contributed by atoms with Gasteiger partial charge in [0.05, 0.1) is 18.8 Å². The molecule has 1 aromatic carbocycles. The maximum Gasteiger partial charge on any atom is 0.255 e. The molecule has 2 rings (SSSR count). The summed E-state index contributed by atoms with van der Waals surface area (Å²) in [6.45, 7) is 0. The van der Waals surface area contributed by atoms with Gasteiger partial charge in [0.15, 0.2) is 0 Å². The molecule has 0 aliphatic heterocycles. The Hall–Kier alpha value is -1.26. The third kappa shape index (κ3) is 3.61.